The number of rotatable bonds is 6. The lowest BCUT2D eigenvalue weighted by Crippen LogP contribution is -2.33. The molecule has 2 aliphatic carbocycles. The normalized spacial score (nSPS) is 27.7. The van der Waals surface area contributed by atoms with Crippen LogP contribution < -0.4 is 10.0 Å². The topological polar surface area (TPSA) is 90.8 Å². The predicted octanol–water partition coefficient (Wildman–Crippen LogP) is 4.11. The van der Waals surface area contributed by atoms with E-state index in [1.54, 1.807) is 6.07 Å². The van der Waals surface area contributed by atoms with E-state index in [9.17, 15) is 17.9 Å². The third-order valence-electron chi connectivity index (χ3n) is 7.70. The quantitative estimate of drug-likeness (QED) is 0.574. The van der Waals surface area contributed by atoms with Crippen LogP contribution in [0.25, 0.3) is 0 Å². The van der Waals surface area contributed by atoms with Gasteiger partial charge in [-0.15, -0.1) is 0 Å². The monoisotopic (exact) mass is 485 g/mol. The summed E-state index contributed by atoms with van der Waals surface area (Å²) in [5.74, 6) is 1.93. The lowest BCUT2D eigenvalue weighted by atomic mass is 9.80. The van der Waals surface area contributed by atoms with Gasteiger partial charge >= 0.3 is 0 Å². The van der Waals surface area contributed by atoms with Gasteiger partial charge in [0.2, 0.25) is 10.0 Å². The van der Waals surface area contributed by atoms with E-state index in [2.05, 4.69) is 16.1 Å². The number of nitrogens with zero attached hydrogens (tertiary/aromatic N) is 1. The summed E-state index contributed by atoms with van der Waals surface area (Å²) in [5, 5.41) is 13.4. The third kappa shape index (κ3) is 4.98. The van der Waals surface area contributed by atoms with Gasteiger partial charge in [-0.1, -0.05) is 18.2 Å². The first kappa shape index (κ1) is 23.3. The van der Waals surface area contributed by atoms with Crippen LogP contribution in [0.1, 0.15) is 55.6 Å². The third-order valence-corrected chi connectivity index (χ3v) is 9.15. The Morgan fingerprint density at radius 3 is 2.62 bits per heavy atom. The Labute approximate surface area is 200 Å². The number of halogens is 1. The number of aliphatic imine (C=N–C) groups is 1. The van der Waals surface area contributed by atoms with Gasteiger partial charge in [-0.2, -0.15) is 0 Å². The number of aryl methyl sites for hydroxylation is 1. The Balaban J connectivity index is 1.10. The minimum Gasteiger partial charge on any atom is -0.508 e. The van der Waals surface area contributed by atoms with E-state index >= 15 is 0 Å². The van der Waals surface area contributed by atoms with Crippen molar-refractivity contribution in [3.63, 3.8) is 0 Å². The van der Waals surface area contributed by atoms with Crippen molar-refractivity contribution in [1.29, 1.82) is 0 Å². The van der Waals surface area contributed by atoms with Crippen molar-refractivity contribution in [2.75, 3.05) is 13.1 Å². The number of nitrogens with one attached hydrogen (secondary N) is 2. The van der Waals surface area contributed by atoms with E-state index < -0.39 is 15.8 Å². The summed E-state index contributed by atoms with van der Waals surface area (Å²) >= 11 is 0. The number of sulfonamides is 1. The molecule has 0 bridgehead atoms. The van der Waals surface area contributed by atoms with Gasteiger partial charge < -0.3 is 10.4 Å². The molecule has 2 aromatic rings. The first-order valence-corrected chi connectivity index (χ1v) is 13.7. The van der Waals surface area contributed by atoms with Crippen molar-refractivity contribution in [3.05, 3.63) is 59.4 Å². The first-order valence-electron chi connectivity index (χ1n) is 12.2. The Morgan fingerprint density at radius 1 is 1.06 bits per heavy atom. The summed E-state index contributed by atoms with van der Waals surface area (Å²) < 4.78 is 41.3. The second kappa shape index (κ2) is 9.66. The van der Waals surface area contributed by atoms with Crippen LogP contribution in [0.3, 0.4) is 0 Å². The van der Waals surface area contributed by atoms with Crippen molar-refractivity contribution >= 4 is 15.9 Å². The minimum atomic E-state index is -3.83. The molecule has 1 heterocycles. The zero-order chi connectivity index (χ0) is 23.7. The van der Waals surface area contributed by atoms with E-state index in [0.717, 1.165) is 57.3 Å². The smallest absolute Gasteiger partial charge is 0.243 e. The molecule has 0 aromatic heterocycles. The maximum Gasteiger partial charge on any atom is 0.243 e. The van der Waals surface area contributed by atoms with E-state index in [4.69, 9.17) is 4.99 Å². The zero-order valence-corrected chi connectivity index (χ0v) is 20.0. The van der Waals surface area contributed by atoms with Crippen LogP contribution in [0.5, 0.6) is 5.75 Å². The largest absolute Gasteiger partial charge is 0.508 e. The van der Waals surface area contributed by atoms with E-state index in [1.807, 2.05) is 6.07 Å². The SMILES string of the molecule is O=S(=O)(NCC1CCC(CN=C2CC3c4ccc(O)cc4CCC3N2)CC1)c1ccccc1F. The van der Waals surface area contributed by atoms with Crippen LogP contribution in [0.15, 0.2) is 52.4 Å². The van der Waals surface area contributed by atoms with Crippen molar-refractivity contribution in [2.45, 2.75) is 61.8 Å². The van der Waals surface area contributed by atoms with E-state index in [1.165, 1.54) is 35.4 Å². The average molecular weight is 486 g/mol. The van der Waals surface area contributed by atoms with E-state index in [0.29, 0.717) is 30.2 Å². The molecule has 2 aromatic carbocycles. The summed E-state index contributed by atoms with van der Waals surface area (Å²) in [4.78, 5) is 4.64. The number of hydrogen-bond donors (Lipinski definition) is 3. The molecule has 2 unspecified atom stereocenters. The fourth-order valence-electron chi connectivity index (χ4n) is 5.74. The molecule has 2 atom stereocenters. The molecule has 3 N–H and O–H groups in total. The highest BCUT2D eigenvalue weighted by Crippen LogP contribution is 2.39. The van der Waals surface area contributed by atoms with Crippen LogP contribution >= 0.6 is 0 Å². The predicted molar refractivity (Wildman–Crippen MR) is 130 cm³/mol. The second-order valence-corrected chi connectivity index (χ2v) is 11.7. The summed E-state index contributed by atoms with van der Waals surface area (Å²) in [6.45, 7) is 1.15. The van der Waals surface area contributed by atoms with Gasteiger partial charge in [0.15, 0.2) is 0 Å². The Hall–Kier alpha value is -2.45. The molecule has 5 rings (SSSR count). The summed E-state index contributed by atoms with van der Waals surface area (Å²) in [6, 6.07) is 11.6. The molecule has 3 aliphatic rings. The molecule has 2 fully saturated rings. The molecule has 1 aliphatic heterocycles. The number of benzene rings is 2. The number of hydrogen-bond acceptors (Lipinski definition) is 4. The maximum absolute atomic E-state index is 13.9. The molecular weight excluding hydrogens is 453 g/mol. The molecule has 182 valence electrons. The summed E-state index contributed by atoms with van der Waals surface area (Å²) in [5.41, 5.74) is 2.60. The molecule has 1 saturated carbocycles. The van der Waals surface area contributed by atoms with Crippen molar-refractivity contribution < 1.29 is 17.9 Å². The first-order chi connectivity index (χ1) is 16.4. The fourth-order valence-corrected chi connectivity index (χ4v) is 6.93. The summed E-state index contributed by atoms with van der Waals surface area (Å²) in [7, 11) is -3.83. The molecule has 0 spiro atoms. The van der Waals surface area contributed by atoms with Crippen molar-refractivity contribution in [3.8, 4) is 5.75 Å². The van der Waals surface area contributed by atoms with Crippen LogP contribution in [-0.2, 0) is 16.4 Å². The summed E-state index contributed by atoms with van der Waals surface area (Å²) in [6.07, 6.45) is 6.92. The fraction of sp³-hybridized carbons (Fsp3) is 0.500. The Morgan fingerprint density at radius 2 is 1.82 bits per heavy atom. The van der Waals surface area contributed by atoms with Crippen LogP contribution in [0.2, 0.25) is 0 Å². The standard InChI is InChI=1S/C26H32FN3O3S/c27-23-3-1-2-4-25(23)34(32,33)29-16-18-7-5-17(6-8-18)15-28-26-14-22-21-11-10-20(31)13-19(21)9-12-24(22)30-26/h1-4,10-11,13,17-18,22,24,29,31H,5-9,12,14-16H2,(H,28,30). The maximum atomic E-state index is 13.9. The number of aromatic hydroxyl groups is 1. The van der Waals surface area contributed by atoms with E-state index in [-0.39, 0.29) is 10.8 Å². The van der Waals surface area contributed by atoms with Crippen molar-refractivity contribution in [2.24, 2.45) is 16.8 Å². The lowest BCUT2D eigenvalue weighted by molar-refractivity contribution is 0.280. The Bertz CT molecular complexity index is 1180. The van der Waals surface area contributed by atoms with Gasteiger partial charge in [-0.3, -0.25) is 4.99 Å². The van der Waals surface area contributed by atoms with Gasteiger partial charge in [-0.25, -0.2) is 17.5 Å². The van der Waals surface area contributed by atoms with Crippen molar-refractivity contribution in [1.82, 2.24) is 10.0 Å². The van der Waals surface area contributed by atoms with Crippen LogP contribution in [0.4, 0.5) is 4.39 Å². The molecule has 0 radical (unpaired) electrons. The number of phenolic OH excluding ortho intramolecular Hbond substituents is 1. The second-order valence-electron chi connectivity index (χ2n) is 9.94. The lowest BCUT2D eigenvalue weighted by Gasteiger charge is -2.28. The van der Waals surface area contributed by atoms with Gasteiger partial charge in [0.05, 0.1) is 5.84 Å². The number of phenols is 1. The molecule has 1 saturated heterocycles. The van der Waals surface area contributed by atoms with Gasteiger partial charge in [0.1, 0.15) is 16.5 Å². The van der Waals surface area contributed by atoms with Gasteiger partial charge in [0.25, 0.3) is 0 Å². The zero-order valence-electron chi connectivity index (χ0n) is 19.2. The van der Waals surface area contributed by atoms with Crippen LogP contribution in [0, 0.1) is 17.7 Å². The highest BCUT2D eigenvalue weighted by atomic mass is 32.2. The van der Waals surface area contributed by atoms with Crippen LogP contribution in [-0.4, -0.2) is 38.5 Å². The average Bonchev–Trinajstić information content (AvgIpc) is 3.26. The number of fused-ring (bicyclic) bond motifs is 3. The van der Waals surface area contributed by atoms with Gasteiger partial charge in [-0.05, 0) is 85.8 Å². The van der Waals surface area contributed by atoms with Gasteiger partial charge in [0, 0.05) is 31.5 Å². The Kier molecular flexibility index (Phi) is 6.62. The highest BCUT2D eigenvalue weighted by Gasteiger charge is 2.36. The molecular formula is C26H32FN3O3S. The highest BCUT2D eigenvalue weighted by molar-refractivity contribution is 7.89. The molecule has 0 amide bonds. The number of amidine groups is 1. The molecule has 8 heteroatoms. The minimum absolute atomic E-state index is 0.269. The molecule has 34 heavy (non-hydrogen) atoms. The molecule has 6 nitrogen and oxygen atoms in total.